The molecule has 0 bridgehead atoms. The third-order valence-electron chi connectivity index (χ3n) is 10.4. The monoisotopic (exact) mass is 986 g/mol. The lowest BCUT2D eigenvalue weighted by Gasteiger charge is -2.30. The first-order valence-electron chi connectivity index (χ1n) is 22.7. The van der Waals surface area contributed by atoms with Crippen molar-refractivity contribution < 1.29 is 68.3 Å². The molecule has 0 aliphatic carbocycles. The summed E-state index contributed by atoms with van der Waals surface area (Å²) in [4.78, 5) is 128. The van der Waals surface area contributed by atoms with Gasteiger partial charge in [-0.15, -0.1) is 0 Å². The Hall–Kier alpha value is -6.19. The van der Waals surface area contributed by atoms with Crippen molar-refractivity contribution in [3.8, 4) is 0 Å². The van der Waals surface area contributed by atoms with Gasteiger partial charge in [0.25, 0.3) is 0 Å². The average molecular weight is 986 g/mol. The summed E-state index contributed by atoms with van der Waals surface area (Å²) in [6.07, 6.45) is -3.97. The van der Waals surface area contributed by atoms with Crippen molar-refractivity contribution in [1.29, 1.82) is 0 Å². The number of rotatable bonds is 23. The summed E-state index contributed by atoms with van der Waals surface area (Å²) in [5.41, 5.74) is 21.8. The molecule has 27 nitrogen and oxygen atoms in total. The number of carboxylic acid groups (broad SMARTS) is 1. The molecule has 0 fully saturated rings. The standard InChI is InChI=1S/C42H75N13O14/c1-18(2)12-26-36(63)50-27(37(64)55-32(23(8)58)39(66)52-29(41(67)68)15-30(44)59)14-20(5)17-69-40(53-25(10-9-11-47-42(45)46)35(62)48-21(6)33(60)49-26)28(13-19(3)4)51-38(65)31(22(7)57)54-34(61)24(43)16-56/h18-29,31-32,56-58H,9-17,43H2,1-8H3,(H2,44,59)(H,48,62)(H,49,60)(H,50,63)(H,51,65)(H,52,66)(H,54,61)(H,55,64)(H,67,68)(H4,45,46,47)/t20-,21+,22-,23-,24+,25+,26+,27+,28+,29+,31+,32+/m1/s1. The summed E-state index contributed by atoms with van der Waals surface area (Å²) >= 11 is 0. The second-order valence-electron chi connectivity index (χ2n) is 18.1. The molecule has 0 saturated carbocycles. The van der Waals surface area contributed by atoms with Crippen LogP contribution in [0.5, 0.6) is 0 Å². The fourth-order valence-electron chi connectivity index (χ4n) is 6.73. The summed E-state index contributed by atoms with van der Waals surface area (Å²) in [5, 5.41) is 57.4. The predicted molar refractivity (Wildman–Crippen MR) is 249 cm³/mol. The number of aliphatic hydroxyl groups is 3. The molecule has 0 unspecified atom stereocenters. The first kappa shape index (κ1) is 60.8. The zero-order chi connectivity index (χ0) is 52.9. The molecule has 19 N–H and O–H groups in total. The summed E-state index contributed by atoms with van der Waals surface area (Å²) in [7, 11) is 0. The number of nitrogens with zero attached hydrogens (tertiary/aromatic N) is 2. The number of hydrogen-bond acceptors (Lipinski definition) is 16. The maximum atomic E-state index is 14.2. The topological polar surface area (TPSA) is 457 Å². The van der Waals surface area contributed by atoms with E-state index >= 15 is 0 Å². The average Bonchev–Trinajstić information content (AvgIpc) is 3.23. The first-order valence-corrected chi connectivity index (χ1v) is 22.7. The molecule has 0 radical (unpaired) electrons. The van der Waals surface area contributed by atoms with Gasteiger partial charge >= 0.3 is 5.97 Å². The van der Waals surface area contributed by atoms with Gasteiger partial charge in [-0.3, -0.25) is 43.3 Å². The summed E-state index contributed by atoms with van der Waals surface area (Å²) in [6, 6.07) is -13.3. The van der Waals surface area contributed by atoms with E-state index in [1.54, 1.807) is 34.6 Å². The molecule has 0 aromatic rings. The number of carboxylic acids is 1. The number of aliphatic imine (C=N–C) groups is 2. The van der Waals surface area contributed by atoms with Crippen molar-refractivity contribution in [1.82, 2.24) is 37.2 Å². The van der Waals surface area contributed by atoms with Crippen LogP contribution in [0.4, 0.5) is 0 Å². The van der Waals surface area contributed by atoms with E-state index in [1.807, 2.05) is 0 Å². The van der Waals surface area contributed by atoms with Gasteiger partial charge in [-0.05, 0) is 70.6 Å². The van der Waals surface area contributed by atoms with Crippen LogP contribution in [0, 0.1) is 17.8 Å². The Kier molecular flexibility index (Phi) is 26.1. The second-order valence-corrected chi connectivity index (χ2v) is 18.1. The molecule has 1 aliphatic heterocycles. The minimum Gasteiger partial charge on any atom is -0.480 e. The maximum absolute atomic E-state index is 14.2. The number of ether oxygens (including phenoxy) is 1. The van der Waals surface area contributed by atoms with Crippen molar-refractivity contribution in [2.75, 3.05) is 19.8 Å². The van der Waals surface area contributed by atoms with Crippen LogP contribution >= 0.6 is 0 Å². The number of amides is 8. The quantitative estimate of drug-likeness (QED) is 0.0258. The van der Waals surface area contributed by atoms with Crippen LogP contribution in [0.3, 0.4) is 0 Å². The van der Waals surface area contributed by atoms with E-state index in [2.05, 4.69) is 42.2 Å². The molecule has 0 aromatic heterocycles. The van der Waals surface area contributed by atoms with Gasteiger partial charge in [0.2, 0.25) is 53.2 Å². The van der Waals surface area contributed by atoms with E-state index in [1.165, 1.54) is 13.8 Å². The highest BCUT2D eigenvalue weighted by Gasteiger charge is 2.37. The number of aliphatic carboxylic acids is 1. The number of aliphatic hydroxyl groups excluding tert-OH is 3. The number of nitrogens with two attached hydrogens (primary N) is 4. The van der Waals surface area contributed by atoms with Crippen molar-refractivity contribution in [3.05, 3.63) is 0 Å². The van der Waals surface area contributed by atoms with Gasteiger partial charge in [0.05, 0.1) is 31.8 Å². The smallest absolute Gasteiger partial charge is 0.326 e. The largest absolute Gasteiger partial charge is 0.480 e. The van der Waals surface area contributed by atoms with E-state index in [-0.39, 0.29) is 68.9 Å². The zero-order valence-electron chi connectivity index (χ0n) is 40.5. The third kappa shape index (κ3) is 22.2. The first-order chi connectivity index (χ1) is 32.1. The Morgan fingerprint density at radius 3 is 1.93 bits per heavy atom. The number of carbonyl (C=O) groups is 9. The molecule has 392 valence electrons. The Labute approximate surface area is 400 Å². The zero-order valence-corrected chi connectivity index (χ0v) is 40.5. The van der Waals surface area contributed by atoms with Gasteiger partial charge in [0.15, 0.2) is 5.96 Å². The van der Waals surface area contributed by atoms with Crippen molar-refractivity contribution >= 4 is 65.1 Å². The Morgan fingerprint density at radius 1 is 0.812 bits per heavy atom. The normalized spacial score (nSPS) is 22.6. The van der Waals surface area contributed by atoms with Gasteiger partial charge in [-0.1, -0.05) is 34.6 Å². The Balaban J connectivity index is 4.03. The van der Waals surface area contributed by atoms with E-state index < -0.39 is 139 Å². The molecule has 1 rings (SSSR count). The van der Waals surface area contributed by atoms with Gasteiger partial charge < -0.3 is 85.3 Å². The van der Waals surface area contributed by atoms with E-state index in [0.717, 1.165) is 6.92 Å². The Bertz CT molecular complexity index is 1840. The molecular formula is C42H75N13O14. The molecule has 0 saturated heterocycles. The van der Waals surface area contributed by atoms with E-state index in [0.29, 0.717) is 0 Å². The van der Waals surface area contributed by atoms with Gasteiger partial charge in [0.1, 0.15) is 54.4 Å². The minimum atomic E-state index is -1.83. The van der Waals surface area contributed by atoms with Crippen LogP contribution in [0.25, 0.3) is 0 Å². The number of guanidine groups is 1. The predicted octanol–water partition coefficient (Wildman–Crippen LogP) is -5.59. The lowest BCUT2D eigenvalue weighted by molar-refractivity contribution is -0.144. The number of primary amides is 1. The minimum absolute atomic E-state index is 0.0402. The lowest BCUT2D eigenvalue weighted by Crippen LogP contribution is -2.61. The van der Waals surface area contributed by atoms with Crippen LogP contribution in [-0.2, 0) is 47.9 Å². The van der Waals surface area contributed by atoms with Crippen LogP contribution in [0.15, 0.2) is 9.98 Å². The number of nitrogens with one attached hydrogen (secondary N) is 7. The van der Waals surface area contributed by atoms with Crippen LogP contribution < -0.4 is 60.2 Å². The molecule has 0 spiro atoms. The highest BCUT2D eigenvalue weighted by molar-refractivity contribution is 5.98. The fraction of sp³-hybridized carbons (Fsp3) is 0.738. The molecule has 69 heavy (non-hydrogen) atoms. The van der Waals surface area contributed by atoms with Crippen LogP contribution in [0.2, 0.25) is 0 Å². The SMILES string of the molecule is CC(C)C[C@@H]1NC(=O)[C@H](C)NC(=O)[C@H](CCCN=C(N)N)N=C([C@H](CC(C)C)NC(=O)[C@@H](NC(=O)[C@@H](N)CO)[C@@H](C)O)OC[C@H](C)C[C@@H](C(=O)N[C@H](C(=O)N[C@@H](CC(N)=O)C(=O)O)[C@@H](C)O)NC1=O. The highest BCUT2D eigenvalue weighted by atomic mass is 16.5. The fourth-order valence-corrected chi connectivity index (χ4v) is 6.73. The molecule has 0 aromatic carbocycles. The highest BCUT2D eigenvalue weighted by Crippen LogP contribution is 2.17. The van der Waals surface area contributed by atoms with Crippen LogP contribution in [-0.4, -0.2) is 172 Å². The number of carbonyl (C=O) groups excluding carboxylic acids is 8. The molecule has 8 amide bonds. The van der Waals surface area contributed by atoms with Gasteiger partial charge in [0, 0.05) is 6.54 Å². The summed E-state index contributed by atoms with van der Waals surface area (Å²) < 4.78 is 6.31. The van der Waals surface area contributed by atoms with Crippen molar-refractivity contribution in [2.45, 2.75) is 160 Å². The molecule has 12 atom stereocenters. The Morgan fingerprint density at radius 2 is 1.41 bits per heavy atom. The molecule has 1 aliphatic rings. The second kappa shape index (κ2) is 29.6. The van der Waals surface area contributed by atoms with E-state index in [9.17, 15) is 63.6 Å². The third-order valence-corrected chi connectivity index (χ3v) is 10.4. The van der Waals surface area contributed by atoms with E-state index in [4.69, 9.17) is 32.7 Å². The number of hydrogen-bond donors (Lipinski definition) is 15. The van der Waals surface area contributed by atoms with Gasteiger partial charge in [-0.2, -0.15) is 0 Å². The molecule has 1 heterocycles. The lowest BCUT2D eigenvalue weighted by atomic mass is 9.98. The van der Waals surface area contributed by atoms with Crippen molar-refractivity contribution in [3.63, 3.8) is 0 Å². The van der Waals surface area contributed by atoms with Gasteiger partial charge in [-0.25, -0.2) is 9.79 Å². The maximum Gasteiger partial charge on any atom is 0.326 e. The van der Waals surface area contributed by atoms with Crippen molar-refractivity contribution in [2.24, 2.45) is 50.7 Å². The summed E-state index contributed by atoms with van der Waals surface area (Å²) in [5.74, 6) is -10.9. The molecular weight excluding hydrogens is 911 g/mol. The molecule has 27 heteroatoms. The van der Waals surface area contributed by atoms with Crippen LogP contribution in [0.1, 0.15) is 93.9 Å². The summed E-state index contributed by atoms with van der Waals surface area (Å²) in [6.45, 7) is 11.4.